The molecule has 1 aromatic rings. The molecule has 1 aliphatic rings. The summed E-state index contributed by atoms with van der Waals surface area (Å²) in [5.74, 6) is 0.756. The van der Waals surface area contributed by atoms with Crippen LogP contribution in [0.5, 0.6) is 0 Å². The van der Waals surface area contributed by atoms with Gasteiger partial charge in [-0.25, -0.2) is 0 Å². The quantitative estimate of drug-likeness (QED) is 0.814. The van der Waals surface area contributed by atoms with Crippen molar-refractivity contribution in [1.29, 1.82) is 0 Å². The molecule has 1 atom stereocenters. The summed E-state index contributed by atoms with van der Waals surface area (Å²) in [4.78, 5) is 0. The molecule has 1 nitrogen and oxygen atoms in total. The normalized spacial score (nSPS) is 20.4. The molecule has 3 heteroatoms. The lowest BCUT2D eigenvalue weighted by molar-refractivity contribution is 0.132. The third kappa shape index (κ3) is 3.43. The van der Waals surface area contributed by atoms with E-state index in [2.05, 4.69) is 34.0 Å². The summed E-state index contributed by atoms with van der Waals surface area (Å²) in [6.45, 7) is 0. The Morgan fingerprint density at radius 1 is 1.40 bits per heavy atom. The molecule has 1 heterocycles. The standard InChI is InChI=1S/C12H17IOS/c13-12-7-10(8-15-12)11(14)6-9-4-2-1-3-5-9/h7-9,11,14H,1-6H2. The van der Waals surface area contributed by atoms with E-state index < -0.39 is 0 Å². The Balaban J connectivity index is 1.88. The van der Waals surface area contributed by atoms with Crippen molar-refractivity contribution < 1.29 is 5.11 Å². The van der Waals surface area contributed by atoms with Gasteiger partial charge in [0.25, 0.3) is 0 Å². The molecule has 0 bridgehead atoms. The SMILES string of the molecule is OC(CC1CCCCC1)c1csc(I)c1. The summed E-state index contributed by atoms with van der Waals surface area (Å²) in [5.41, 5.74) is 1.12. The van der Waals surface area contributed by atoms with E-state index in [4.69, 9.17) is 0 Å². The monoisotopic (exact) mass is 336 g/mol. The number of hydrogen-bond acceptors (Lipinski definition) is 2. The van der Waals surface area contributed by atoms with Crippen molar-refractivity contribution >= 4 is 33.9 Å². The second-order valence-electron chi connectivity index (χ2n) is 4.44. The molecular formula is C12H17IOS. The van der Waals surface area contributed by atoms with Gasteiger partial charge in [-0.15, -0.1) is 11.3 Å². The largest absolute Gasteiger partial charge is 0.388 e. The highest BCUT2D eigenvalue weighted by Gasteiger charge is 2.19. The molecule has 1 unspecified atom stereocenters. The zero-order chi connectivity index (χ0) is 10.7. The number of halogens is 1. The van der Waals surface area contributed by atoms with Gasteiger partial charge in [0.15, 0.2) is 0 Å². The molecule has 1 N–H and O–H groups in total. The molecular weight excluding hydrogens is 319 g/mol. The van der Waals surface area contributed by atoms with Gasteiger partial charge in [0.1, 0.15) is 0 Å². The van der Waals surface area contributed by atoms with Crippen LogP contribution in [-0.2, 0) is 0 Å². The van der Waals surface area contributed by atoms with Crippen molar-refractivity contribution in [1.82, 2.24) is 0 Å². The number of aliphatic hydroxyl groups is 1. The first-order valence-electron chi connectivity index (χ1n) is 5.67. The molecule has 0 aliphatic heterocycles. The van der Waals surface area contributed by atoms with E-state index in [1.807, 2.05) is 0 Å². The van der Waals surface area contributed by atoms with Crippen molar-refractivity contribution in [3.8, 4) is 0 Å². The highest BCUT2D eigenvalue weighted by atomic mass is 127. The van der Waals surface area contributed by atoms with Crippen LogP contribution >= 0.6 is 33.9 Å². The fourth-order valence-electron chi connectivity index (χ4n) is 2.37. The van der Waals surface area contributed by atoms with Crippen LogP contribution in [0.4, 0.5) is 0 Å². The number of hydrogen-bond donors (Lipinski definition) is 1. The van der Waals surface area contributed by atoms with Crippen molar-refractivity contribution in [2.24, 2.45) is 5.92 Å². The number of aliphatic hydroxyl groups excluding tert-OH is 1. The molecule has 84 valence electrons. The summed E-state index contributed by atoms with van der Waals surface area (Å²) in [6, 6.07) is 2.11. The summed E-state index contributed by atoms with van der Waals surface area (Å²) in [7, 11) is 0. The van der Waals surface area contributed by atoms with Gasteiger partial charge < -0.3 is 5.11 Å². The fourth-order valence-corrected chi connectivity index (χ4v) is 3.79. The molecule has 0 spiro atoms. The Kier molecular flexibility index (Phi) is 4.46. The zero-order valence-corrected chi connectivity index (χ0v) is 11.8. The number of rotatable bonds is 3. The van der Waals surface area contributed by atoms with Gasteiger partial charge in [-0.2, -0.15) is 0 Å². The third-order valence-corrected chi connectivity index (χ3v) is 5.06. The maximum Gasteiger partial charge on any atom is 0.0801 e. The van der Waals surface area contributed by atoms with Crippen LogP contribution in [0, 0.1) is 8.80 Å². The molecule has 1 aromatic heterocycles. The second-order valence-corrected chi connectivity index (χ2v) is 7.25. The maximum absolute atomic E-state index is 10.1. The minimum Gasteiger partial charge on any atom is -0.388 e. The molecule has 0 radical (unpaired) electrons. The molecule has 1 fully saturated rings. The number of thiophene rings is 1. The highest BCUT2D eigenvalue weighted by molar-refractivity contribution is 14.1. The molecule has 1 saturated carbocycles. The molecule has 1 aliphatic carbocycles. The van der Waals surface area contributed by atoms with Crippen LogP contribution in [0.3, 0.4) is 0 Å². The van der Waals surface area contributed by atoms with Gasteiger partial charge in [-0.3, -0.25) is 0 Å². The first-order chi connectivity index (χ1) is 7.25. The lowest BCUT2D eigenvalue weighted by Gasteiger charge is -2.23. The topological polar surface area (TPSA) is 20.2 Å². The van der Waals surface area contributed by atoms with Crippen LogP contribution in [0.25, 0.3) is 0 Å². The molecule has 15 heavy (non-hydrogen) atoms. The van der Waals surface area contributed by atoms with E-state index in [-0.39, 0.29) is 6.10 Å². The maximum atomic E-state index is 10.1. The first-order valence-corrected chi connectivity index (χ1v) is 7.63. The fraction of sp³-hybridized carbons (Fsp3) is 0.667. The molecule has 0 amide bonds. The van der Waals surface area contributed by atoms with Crippen LogP contribution in [0.15, 0.2) is 11.4 Å². The Morgan fingerprint density at radius 3 is 2.73 bits per heavy atom. The predicted octanol–water partition coefficient (Wildman–Crippen LogP) is 4.36. The van der Waals surface area contributed by atoms with E-state index in [9.17, 15) is 5.11 Å². The molecule has 0 saturated heterocycles. The second kappa shape index (κ2) is 5.64. The summed E-state index contributed by atoms with van der Waals surface area (Å²) >= 11 is 4.03. The van der Waals surface area contributed by atoms with Crippen molar-refractivity contribution in [2.75, 3.05) is 0 Å². The van der Waals surface area contributed by atoms with Gasteiger partial charge in [0.2, 0.25) is 0 Å². The van der Waals surface area contributed by atoms with Gasteiger partial charge in [-0.1, -0.05) is 32.1 Å². The molecule has 0 aromatic carbocycles. The Morgan fingerprint density at radius 2 is 2.13 bits per heavy atom. The van der Waals surface area contributed by atoms with Crippen LogP contribution in [0.2, 0.25) is 0 Å². The van der Waals surface area contributed by atoms with Gasteiger partial charge in [0, 0.05) is 0 Å². The van der Waals surface area contributed by atoms with Crippen molar-refractivity contribution in [2.45, 2.75) is 44.6 Å². The van der Waals surface area contributed by atoms with Gasteiger partial charge in [0.05, 0.1) is 8.99 Å². The first kappa shape index (κ1) is 11.9. The van der Waals surface area contributed by atoms with Crippen molar-refractivity contribution in [3.05, 3.63) is 19.9 Å². The van der Waals surface area contributed by atoms with E-state index >= 15 is 0 Å². The van der Waals surface area contributed by atoms with Crippen LogP contribution in [0.1, 0.15) is 50.2 Å². The van der Waals surface area contributed by atoms with Gasteiger partial charge >= 0.3 is 0 Å². The van der Waals surface area contributed by atoms with Crippen LogP contribution < -0.4 is 0 Å². The minimum atomic E-state index is -0.229. The average Bonchev–Trinajstić information content (AvgIpc) is 2.66. The van der Waals surface area contributed by atoms with E-state index in [0.717, 1.165) is 17.9 Å². The summed E-state index contributed by atoms with van der Waals surface area (Å²) in [5, 5.41) is 12.2. The smallest absolute Gasteiger partial charge is 0.0801 e. The van der Waals surface area contributed by atoms with Crippen molar-refractivity contribution in [3.63, 3.8) is 0 Å². The Hall–Kier alpha value is 0.390. The van der Waals surface area contributed by atoms with Gasteiger partial charge in [-0.05, 0) is 51.9 Å². The van der Waals surface area contributed by atoms with E-state index in [1.54, 1.807) is 11.3 Å². The Labute approximate surface area is 109 Å². The predicted molar refractivity (Wildman–Crippen MR) is 73.2 cm³/mol. The lowest BCUT2D eigenvalue weighted by Crippen LogP contribution is -2.10. The highest BCUT2D eigenvalue weighted by Crippen LogP contribution is 2.33. The summed E-state index contributed by atoms with van der Waals surface area (Å²) in [6.07, 6.45) is 7.48. The third-order valence-electron chi connectivity index (χ3n) is 3.25. The average molecular weight is 336 g/mol. The molecule has 2 rings (SSSR count). The summed E-state index contributed by atoms with van der Waals surface area (Å²) < 4.78 is 1.27. The van der Waals surface area contributed by atoms with E-state index in [0.29, 0.717) is 0 Å². The van der Waals surface area contributed by atoms with E-state index in [1.165, 1.54) is 35.0 Å². The van der Waals surface area contributed by atoms with Crippen LogP contribution in [-0.4, -0.2) is 5.11 Å². The minimum absolute atomic E-state index is 0.229. The Bertz CT molecular complexity index is 304. The zero-order valence-electron chi connectivity index (χ0n) is 8.79. The lowest BCUT2D eigenvalue weighted by atomic mass is 9.84.